The van der Waals surface area contributed by atoms with Crippen molar-refractivity contribution in [3.05, 3.63) is 29.3 Å². The van der Waals surface area contributed by atoms with Crippen LogP contribution in [0.3, 0.4) is 0 Å². The van der Waals surface area contributed by atoms with E-state index in [-0.39, 0.29) is 0 Å². The van der Waals surface area contributed by atoms with Crippen LogP contribution < -0.4 is 4.74 Å². The monoisotopic (exact) mass is 365 g/mol. The fourth-order valence-corrected chi connectivity index (χ4v) is 5.64. The molecule has 2 saturated heterocycles. The zero-order chi connectivity index (χ0) is 17.3. The van der Waals surface area contributed by atoms with E-state index in [4.69, 9.17) is 4.74 Å². The molecule has 2 fully saturated rings. The van der Waals surface area contributed by atoms with Crippen molar-refractivity contribution in [3.8, 4) is 5.75 Å². The molecule has 3 aliphatic heterocycles. The van der Waals surface area contributed by atoms with Gasteiger partial charge in [-0.3, -0.25) is 4.90 Å². The molecule has 0 bridgehead atoms. The van der Waals surface area contributed by atoms with E-state index in [1.165, 1.54) is 11.1 Å². The molecule has 0 amide bonds. The lowest BCUT2D eigenvalue weighted by Crippen LogP contribution is -2.53. The highest BCUT2D eigenvalue weighted by Crippen LogP contribution is 2.26. The van der Waals surface area contributed by atoms with Crippen molar-refractivity contribution in [2.24, 2.45) is 0 Å². The number of ether oxygens (including phenoxy) is 1. The highest BCUT2D eigenvalue weighted by atomic mass is 32.2. The average molecular weight is 365 g/mol. The third-order valence-corrected chi connectivity index (χ3v) is 7.49. The number of piperidine rings is 1. The van der Waals surface area contributed by atoms with Gasteiger partial charge in [0.15, 0.2) is 0 Å². The van der Waals surface area contributed by atoms with E-state index in [2.05, 4.69) is 23.1 Å². The SMILES string of the molecule is O=S(=O)(N1CCCCC1)N1CCN(Cc2ccc3c(c2)CCO3)CC1. The van der Waals surface area contributed by atoms with Gasteiger partial charge in [-0.25, -0.2) is 0 Å². The third-order valence-electron chi connectivity index (χ3n) is 5.46. The van der Waals surface area contributed by atoms with E-state index in [0.717, 1.165) is 57.7 Å². The maximum atomic E-state index is 12.8. The smallest absolute Gasteiger partial charge is 0.282 e. The van der Waals surface area contributed by atoms with Crippen molar-refractivity contribution in [2.45, 2.75) is 32.2 Å². The van der Waals surface area contributed by atoms with E-state index in [0.29, 0.717) is 26.2 Å². The summed E-state index contributed by atoms with van der Waals surface area (Å²) in [5.74, 6) is 1.01. The first kappa shape index (κ1) is 17.3. The number of fused-ring (bicyclic) bond motifs is 1. The Balaban J connectivity index is 1.33. The normalized spacial score (nSPS) is 23.4. The maximum Gasteiger partial charge on any atom is 0.282 e. The Labute approximate surface area is 150 Å². The first-order chi connectivity index (χ1) is 12.1. The van der Waals surface area contributed by atoms with Crippen LogP contribution in [0.2, 0.25) is 0 Å². The second-order valence-electron chi connectivity index (χ2n) is 7.18. The molecule has 0 N–H and O–H groups in total. The average Bonchev–Trinajstić information content (AvgIpc) is 3.11. The fraction of sp³-hybridized carbons (Fsp3) is 0.667. The molecule has 1 aromatic carbocycles. The summed E-state index contributed by atoms with van der Waals surface area (Å²) in [6.45, 7) is 5.79. The first-order valence-electron chi connectivity index (χ1n) is 9.35. The van der Waals surface area contributed by atoms with Gasteiger partial charge in [0.25, 0.3) is 10.2 Å². The van der Waals surface area contributed by atoms with Gasteiger partial charge in [-0.15, -0.1) is 0 Å². The van der Waals surface area contributed by atoms with E-state index < -0.39 is 10.2 Å². The molecule has 0 spiro atoms. The quantitative estimate of drug-likeness (QED) is 0.811. The van der Waals surface area contributed by atoms with Crippen LogP contribution in [-0.4, -0.2) is 67.8 Å². The maximum absolute atomic E-state index is 12.8. The Bertz CT molecular complexity index is 708. The summed E-state index contributed by atoms with van der Waals surface area (Å²) in [4.78, 5) is 2.35. The zero-order valence-electron chi connectivity index (χ0n) is 14.7. The van der Waals surface area contributed by atoms with Crippen LogP contribution in [0.4, 0.5) is 0 Å². The summed E-state index contributed by atoms with van der Waals surface area (Å²) in [6.07, 6.45) is 4.11. The molecule has 0 unspecified atom stereocenters. The predicted octanol–water partition coefficient (Wildman–Crippen LogP) is 1.47. The lowest BCUT2D eigenvalue weighted by molar-refractivity contribution is 0.173. The minimum absolute atomic E-state index is 0.590. The van der Waals surface area contributed by atoms with Crippen molar-refractivity contribution in [1.82, 2.24) is 13.5 Å². The van der Waals surface area contributed by atoms with Gasteiger partial charge in [0.05, 0.1) is 6.61 Å². The molecule has 0 aromatic heterocycles. The van der Waals surface area contributed by atoms with Crippen LogP contribution in [0.1, 0.15) is 30.4 Å². The summed E-state index contributed by atoms with van der Waals surface area (Å²) < 4.78 is 34.4. The molecule has 1 aromatic rings. The molecule has 0 aliphatic carbocycles. The Morgan fingerprint density at radius 1 is 0.920 bits per heavy atom. The number of hydrogen-bond acceptors (Lipinski definition) is 4. The first-order valence-corrected chi connectivity index (χ1v) is 10.7. The fourth-order valence-electron chi connectivity index (χ4n) is 3.97. The zero-order valence-corrected chi connectivity index (χ0v) is 15.5. The summed E-state index contributed by atoms with van der Waals surface area (Å²) in [7, 11) is -3.27. The highest BCUT2D eigenvalue weighted by Gasteiger charge is 2.32. The second kappa shape index (κ2) is 7.23. The molecular weight excluding hydrogens is 338 g/mol. The molecule has 0 radical (unpaired) electrons. The Morgan fingerprint density at radius 3 is 2.40 bits per heavy atom. The van der Waals surface area contributed by atoms with Crippen molar-refractivity contribution in [2.75, 3.05) is 45.9 Å². The van der Waals surface area contributed by atoms with Gasteiger partial charge >= 0.3 is 0 Å². The summed E-state index contributed by atoms with van der Waals surface area (Å²) in [6, 6.07) is 6.43. The molecule has 3 aliphatic rings. The van der Waals surface area contributed by atoms with Crippen molar-refractivity contribution >= 4 is 10.2 Å². The van der Waals surface area contributed by atoms with Crippen LogP contribution in [0.5, 0.6) is 5.75 Å². The molecule has 3 heterocycles. The minimum Gasteiger partial charge on any atom is -0.493 e. The summed E-state index contributed by atoms with van der Waals surface area (Å²) in [5, 5.41) is 0. The van der Waals surface area contributed by atoms with E-state index in [9.17, 15) is 8.42 Å². The molecule has 0 saturated carbocycles. The number of piperazine rings is 1. The molecule has 0 atom stereocenters. The molecular formula is C18H27N3O3S. The van der Waals surface area contributed by atoms with Crippen LogP contribution in [0.25, 0.3) is 0 Å². The Kier molecular flexibility index (Phi) is 4.99. The lowest BCUT2D eigenvalue weighted by Gasteiger charge is -2.37. The van der Waals surface area contributed by atoms with Crippen molar-refractivity contribution in [1.29, 1.82) is 0 Å². The van der Waals surface area contributed by atoms with Crippen molar-refractivity contribution in [3.63, 3.8) is 0 Å². The standard InChI is InChI=1S/C18H27N3O3S/c22-25(23,20-7-2-1-3-8-20)21-11-9-19(10-12-21)15-16-4-5-18-17(14-16)6-13-24-18/h4-5,14H,1-3,6-13,15H2. The molecule has 7 heteroatoms. The lowest BCUT2D eigenvalue weighted by atomic mass is 10.1. The summed E-state index contributed by atoms with van der Waals surface area (Å²) >= 11 is 0. The van der Waals surface area contributed by atoms with Crippen molar-refractivity contribution < 1.29 is 13.2 Å². The number of hydrogen-bond donors (Lipinski definition) is 0. The Morgan fingerprint density at radius 2 is 1.64 bits per heavy atom. The minimum atomic E-state index is -3.27. The largest absolute Gasteiger partial charge is 0.493 e. The summed E-state index contributed by atoms with van der Waals surface area (Å²) in [5.41, 5.74) is 2.58. The van der Waals surface area contributed by atoms with Crippen LogP contribution in [0, 0.1) is 0 Å². The Hall–Kier alpha value is -1.15. The van der Waals surface area contributed by atoms with Crippen LogP contribution in [-0.2, 0) is 23.2 Å². The number of rotatable bonds is 4. The van der Waals surface area contributed by atoms with Gasteiger partial charge in [0.2, 0.25) is 0 Å². The highest BCUT2D eigenvalue weighted by molar-refractivity contribution is 7.86. The van der Waals surface area contributed by atoms with Crippen LogP contribution in [0.15, 0.2) is 18.2 Å². The van der Waals surface area contributed by atoms with Crippen LogP contribution >= 0.6 is 0 Å². The van der Waals surface area contributed by atoms with Gasteiger partial charge in [-0.2, -0.15) is 17.0 Å². The topological polar surface area (TPSA) is 53.1 Å². The van der Waals surface area contributed by atoms with E-state index in [1.54, 1.807) is 8.61 Å². The van der Waals surface area contributed by atoms with Gasteiger partial charge in [0.1, 0.15) is 5.75 Å². The predicted molar refractivity (Wildman–Crippen MR) is 96.8 cm³/mol. The number of nitrogens with zero attached hydrogens (tertiary/aromatic N) is 3. The molecule has 4 rings (SSSR count). The third kappa shape index (κ3) is 3.69. The van der Waals surface area contributed by atoms with E-state index >= 15 is 0 Å². The van der Waals surface area contributed by atoms with Gasteiger partial charge < -0.3 is 4.74 Å². The van der Waals surface area contributed by atoms with Gasteiger partial charge in [0, 0.05) is 52.2 Å². The van der Waals surface area contributed by atoms with E-state index in [1.807, 2.05) is 0 Å². The number of benzene rings is 1. The molecule has 6 nitrogen and oxygen atoms in total. The molecule has 138 valence electrons. The second-order valence-corrected chi connectivity index (χ2v) is 9.11. The molecule has 25 heavy (non-hydrogen) atoms. The van der Waals surface area contributed by atoms with Gasteiger partial charge in [-0.1, -0.05) is 18.6 Å². The van der Waals surface area contributed by atoms with Gasteiger partial charge in [-0.05, 0) is 30.0 Å².